The summed E-state index contributed by atoms with van der Waals surface area (Å²) in [5.74, 6) is 1.35. The van der Waals surface area contributed by atoms with E-state index in [1.54, 1.807) is 7.11 Å². The predicted octanol–water partition coefficient (Wildman–Crippen LogP) is 2.12. The molecule has 0 bridgehead atoms. The summed E-state index contributed by atoms with van der Waals surface area (Å²) in [4.78, 5) is 2.22. The van der Waals surface area contributed by atoms with Gasteiger partial charge in [-0.2, -0.15) is 0 Å². The van der Waals surface area contributed by atoms with Crippen molar-refractivity contribution in [1.29, 1.82) is 5.41 Å². The number of nitrogens with zero attached hydrogens (tertiary/aromatic N) is 1. The maximum atomic E-state index is 7.92. The molecule has 14 heavy (non-hydrogen) atoms. The highest BCUT2D eigenvalue weighted by molar-refractivity contribution is 5.80. The molecule has 3 nitrogen and oxygen atoms in total. The molecule has 0 aromatic carbocycles. The average Bonchev–Trinajstić information content (AvgIpc) is 2.15. The molecule has 0 aromatic rings. The number of rotatable bonds is 4. The van der Waals surface area contributed by atoms with Crippen molar-refractivity contribution in [2.24, 2.45) is 5.92 Å². The van der Waals surface area contributed by atoms with Crippen molar-refractivity contribution in [2.45, 2.75) is 39.2 Å². The molecular weight excluding hydrogens is 176 g/mol. The van der Waals surface area contributed by atoms with Crippen LogP contribution in [0.15, 0.2) is 0 Å². The molecule has 0 spiro atoms. The summed E-state index contributed by atoms with van der Waals surface area (Å²) in [6.45, 7) is 6.17. The third-order valence-electron chi connectivity index (χ3n) is 2.92. The van der Waals surface area contributed by atoms with E-state index >= 15 is 0 Å². The molecular formula is C11H22N2O. The van der Waals surface area contributed by atoms with Gasteiger partial charge in [0.15, 0.2) is 0 Å². The molecule has 1 aliphatic heterocycles. The van der Waals surface area contributed by atoms with E-state index in [1.807, 2.05) is 0 Å². The van der Waals surface area contributed by atoms with E-state index < -0.39 is 0 Å². The second-order valence-electron chi connectivity index (χ2n) is 4.36. The SMILES string of the molecule is COCC(C(C)C)N1CCCCC1=N. The lowest BCUT2D eigenvalue weighted by Crippen LogP contribution is -2.47. The van der Waals surface area contributed by atoms with Gasteiger partial charge in [0.1, 0.15) is 0 Å². The van der Waals surface area contributed by atoms with Gasteiger partial charge in [-0.3, -0.25) is 5.41 Å². The van der Waals surface area contributed by atoms with E-state index in [4.69, 9.17) is 10.1 Å². The van der Waals surface area contributed by atoms with Gasteiger partial charge in [-0.05, 0) is 18.8 Å². The number of hydrogen-bond acceptors (Lipinski definition) is 2. The van der Waals surface area contributed by atoms with Crippen LogP contribution in [0.2, 0.25) is 0 Å². The van der Waals surface area contributed by atoms with Crippen molar-refractivity contribution in [1.82, 2.24) is 4.90 Å². The first-order chi connectivity index (χ1) is 6.66. The van der Waals surface area contributed by atoms with Gasteiger partial charge in [0, 0.05) is 20.1 Å². The molecule has 1 atom stereocenters. The molecule has 1 unspecified atom stereocenters. The van der Waals surface area contributed by atoms with Gasteiger partial charge in [-0.1, -0.05) is 13.8 Å². The van der Waals surface area contributed by atoms with E-state index in [0.29, 0.717) is 12.0 Å². The van der Waals surface area contributed by atoms with Gasteiger partial charge in [0.05, 0.1) is 18.5 Å². The summed E-state index contributed by atoms with van der Waals surface area (Å²) in [5.41, 5.74) is 0. The van der Waals surface area contributed by atoms with E-state index in [0.717, 1.165) is 25.4 Å². The molecule has 0 aromatic heterocycles. The van der Waals surface area contributed by atoms with E-state index in [-0.39, 0.29) is 0 Å². The fourth-order valence-electron chi connectivity index (χ4n) is 2.03. The van der Waals surface area contributed by atoms with Crippen molar-refractivity contribution >= 4 is 5.84 Å². The Balaban J connectivity index is 2.60. The Morgan fingerprint density at radius 3 is 2.64 bits per heavy atom. The first kappa shape index (κ1) is 11.5. The highest BCUT2D eigenvalue weighted by Gasteiger charge is 2.25. The molecule has 1 fully saturated rings. The lowest BCUT2D eigenvalue weighted by molar-refractivity contribution is 0.0966. The Hall–Kier alpha value is -0.570. The van der Waals surface area contributed by atoms with Crippen LogP contribution in [-0.4, -0.2) is 37.0 Å². The Bertz CT molecular complexity index is 192. The molecule has 0 saturated carbocycles. The highest BCUT2D eigenvalue weighted by atomic mass is 16.5. The summed E-state index contributed by atoms with van der Waals surface area (Å²) in [6.07, 6.45) is 3.33. The average molecular weight is 198 g/mol. The van der Waals surface area contributed by atoms with Gasteiger partial charge in [-0.15, -0.1) is 0 Å². The number of methoxy groups -OCH3 is 1. The van der Waals surface area contributed by atoms with Gasteiger partial charge in [0.2, 0.25) is 0 Å². The monoisotopic (exact) mass is 198 g/mol. The molecule has 1 aliphatic rings. The normalized spacial score (nSPS) is 20.3. The van der Waals surface area contributed by atoms with Crippen molar-refractivity contribution in [3.63, 3.8) is 0 Å². The van der Waals surface area contributed by atoms with Gasteiger partial charge in [0.25, 0.3) is 0 Å². The summed E-state index contributed by atoms with van der Waals surface area (Å²) >= 11 is 0. The molecule has 0 amide bonds. The lowest BCUT2D eigenvalue weighted by atomic mass is 9.99. The minimum Gasteiger partial charge on any atom is -0.383 e. The van der Waals surface area contributed by atoms with E-state index in [9.17, 15) is 0 Å². The Morgan fingerprint density at radius 1 is 1.43 bits per heavy atom. The molecule has 1 rings (SSSR count). The number of nitrogens with one attached hydrogen (secondary N) is 1. The summed E-state index contributed by atoms with van der Waals surface area (Å²) in [6, 6.07) is 0.382. The van der Waals surface area contributed by atoms with Crippen LogP contribution >= 0.6 is 0 Å². The fourth-order valence-corrected chi connectivity index (χ4v) is 2.03. The molecule has 1 heterocycles. The minimum absolute atomic E-state index is 0.382. The Morgan fingerprint density at radius 2 is 2.14 bits per heavy atom. The van der Waals surface area contributed by atoms with Crippen LogP contribution in [-0.2, 0) is 4.74 Å². The molecule has 3 heteroatoms. The molecule has 0 aliphatic carbocycles. The van der Waals surface area contributed by atoms with Crippen LogP contribution in [0.5, 0.6) is 0 Å². The third kappa shape index (κ3) is 2.71. The van der Waals surface area contributed by atoms with Crippen LogP contribution in [0.1, 0.15) is 33.1 Å². The van der Waals surface area contributed by atoms with Crippen LogP contribution in [0, 0.1) is 11.3 Å². The van der Waals surface area contributed by atoms with Crippen molar-refractivity contribution < 1.29 is 4.74 Å². The third-order valence-corrected chi connectivity index (χ3v) is 2.92. The zero-order valence-electron chi connectivity index (χ0n) is 9.55. The summed E-state index contributed by atoms with van der Waals surface area (Å²) in [5, 5.41) is 7.92. The first-order valence-corrected chi connectivity index (χ1v) is 5.49. The van der Waals surface area contributed by atoms with Crippen molar-refractivity contribution in [3.8, 4) is 0 Å². The molecule has 0 radical (unpaired) electrons. The van der Waals surface area contributed by atoms with Crippen LogP contribution in [0.4, 0.5) is 0 Å². The largest absolute Gasteiger partial charge is 0.383 e. The summed E-state index contributed by atoms with van der Waals surface area (Å²) < 4.78 is 5.23. The van der Waals surface area contributed by atoms with Gasteiger partial charge < -0.3 is 9.64 Å². The van der Waals surface area contributed by atoms with Gasteiger partial charge >= 0.3 is 0 Å². The number of ether oxygens (including phenoxy) is 1. The van der Waals surface area contributed by atoms with Crippen LogP contribution < -0.4 is 0 Å². The second-order valence-corrected chi connectivity index (χ2v) is 4.36. The predicted molar refractivity (Wildman–Crippen MR) is 58.8 cm³/mol. The van der Waals surface area contributed by atoms with Crippen LogP contribution in [0.3, 0.4) is 0 Å². The maximum Gasteiger partial charge on any atom is 0.0961 e. The number of amidine groups is 1. The fraction of sp³-hybridized carbons (Fsp3) is 0.909. The first-order valence-electron chi connectivity index (χ1n) is 5.49. The lowest BCUT2D eigenvalue weighted by Gasteiger charge is -2.38. The van der Waals surface area contributed by atoms with Crippen molar-refractivity contribution in [2.75, 3.05) is 20.3 Å². The standard InChI is InChI=1S/C11H22N2O/c1-9(2)10(8-14-3)13-7-5-4-6-11(13)12/h9-10,12H,4-8H2,1-3H3. The smallest absolute Gasteiger partial charge is 0.0961 e. The second kappa shape index (κ2) is 5.35. The zero-order chi connectivity index (χ0) is 10.6. The quantitative estimate of drug-likeness (QED) is 0.751. The van der Waals surface area contributed by atoms with E-state index in [1.165, 1.54) is 12.8 Å². The Kier molecular flexibility index (Phi) is 4.39. The minimum atomic E-state index is 0.382. The Labute approximate surface area is 86.9 Å². The van der Waals surface area contributed by atoms with Crippen LogP contribution in [0.25, 0.3) is 0 Å². The highest BCUT2D eigenvalue weighted by Crippen LogP contribution is 2.19. The number of piperidine rings is 1. The van der Waals surface area contributed by atoms with Crippen molar-refractivity contribution in [3.05, 3.63) is 0 Å². The van der Waals surface area contributed by atoms with Gasteiger partial charge in [-0.25, -0.2) is 0 Å². The zero-order valence-corrected chi connectivity index (χ0v) is 9.55. The topological polar surface area (TPSA) is 36.3 Å². The molecule has 1 saturated heterocycles. The molecule has 1 N–H and O–H groups in total. The summed E-state index contributed by atoms with van der Waals surface area (Å²) in [7, 11) is 1.74. The molecule has 82 valence electrons. The van der Waals surface area contributed by atoms with E-state index in [2.05, 4.69) is 18.7 Å². The number of hydrogen-bond donors (Lipinski definition) is 1. The number of likely N-dealkylation sites (tertiary alicyclic amines) is 1. The maximum absolute atomic E-state index is 7.92.